The van der Waals surface area contributed by atoms with E-state index in [0.717, 1.165) is 12.1 Å². The molecule has 0 amide bonds. The molecule has 7 heteroatoms. The number of nitrogens with zero attached hydrogens (tertiary/aromatic N) is 1. The Morgan fingerprint density at radius 3 is 2.50 bits per heavy atom. The van der Waals surface area contributed by atoms with Crippen molar-refractivity contribution in [2.24, 2.45) is 5.73 Å². The lowest BCUT2D eigenvalue weighted by molar-refractivity contribution is -0.140. The first-order valence-electron chi connectivity index (χ1n) is 5.01. The van der Waals surface area contributed by atoms with E-state index >= 15 is 0 Å². The third-order valence-electron chi connectivity index (χ3n) is 2.47. The topological polar surface area (TPSA) is 54.7 Å². The van der Waals surface area contributed by atoms with Crippen LogP contribution < -0.4 is 5.73 Å². The van der Waals surface area contributed by atoms with Crippen molar-refractivity contribution in [2.45, 2.75) is 12.2 Å². The first-order chi connectivity index (χ1) is 8.39. The average molecular weight is 259 g/mol. The zero-order valence-electron chi connectivity index (χ0n) is 9.00. The summed E-state index contributed by atoms with van der Waals surface area (Å²) in [4.78, 5) is 6.59. The molecule has 0 bridgehead atoms. The van der Waals surface area contributed by atoms with E-state index in [1.807, 2.05) is 0 Å². The van der Waals surface area contributed by atoms with E-state index in [1.165, 1.54) is 12.4 Å². The van der Waals surface area contributed by atoms with Crippen molar-refractivity contribution in [1.29, 1.82) is 0 Å². The Morgan fingerprint density at radius 2 is 2.00 bits per heavy atom. The lowest BCUT2D eigenvalue weighted by atomic mass is 10.0. The Labute approximate surface area is 99.6 Å². The molecule has 18 heavy (non-hydrogen) atoms. The minimum absolute atomic E-state index is 0.218. The van der Waals surface area contributed by atoms with E-state index < -0.39 is 23.6 Å². The number of hydrogen-bond donors (Lipinski definition) is 2. The number of halogens is 4. The van der Waals surface area contributed by atoms with Gasteiger partial charge in [0, 0.05) is 12.4 Å². The highest BCUT2D eigenvalue weighted by molar-refractivity contribution is 5.31. The average Bonchev–Trinajstić information content (AvgIpc) is 2.79. The molecule has 2 aromatic rings. The molecule has 0 aliphatic rings. The summed E-state index contributed by atoms with van der Waals surface area (Å²) in [5, 5.41) is 0. The highest BCUT2D eigenvalue weighted by Crippen LogP contribution is 2.32. The molecule has 2 rings (SSSR count). The molecule has 0 radical (unpaired) electrons. The van der Waals surface area contributed by atoms with Gasteiger partial charge in [-0.15, -0.1) is 0 Å². The van der Waals surface area contributed by atoms with Crippen LogP contribution in [-0.2, 0) is 6.18 Å². The summed E-state index contributed by atoms with van der Waals surface area (Å²) in [5.41, 5.74) is 4.66. The van der Waals surface area contributed by atoms with Gasteiger partial charge in [-0.25, -0.2) is 9.37 Å². The van der Waals surface area contributed by atoms with Crippen LogP contribution in [0.1, 0.15) is 23.0 Å². The maximum Gasteiger partial charge on any atom is 0.419 e. The van der Waals surface area contributed by atoms with Crippen LogP contribution in [0.3, 0.4) is 0 Å². The number of hydrogen-bond acceptors (Lipinski definition) is 2. The molecule has 0 saturated carbocycles. The number of nitrogens with one attached hydrogen (secondary N) is 1. The molecule has 0 spiro atoms. The Kier molecular flexibility index (Phi) is 3.08. The van der Waals surface area contributed by atoms with Gasteiger partial charge >= 0.3 is 6.18 Å². The van der Waals surface area contributed by atoms with Crippen LogP contribution in [0.2, 0.25) is 0 Å². The second kappa shape index (κ2) is 4.41. The number of aromatic nitrogens is 2. The number of imidazole rings is 1. The summed E-state index contributed by atoms with van der Waals surface area (Å²) in [6, 6.07) is 1.79. The second-order valence-electron chi connectivity index (χ2n) is 3.69. The number of H-pyrrole nitrogens is 1. The van der Waals surface area contributed by atoms with E-state index in [1.54, 1.807) is 0 Å². The van der Waals surface area contributed by atoms with E-state index in [-0.39, 0.29) is 5.56 Å². The van der Waals surface area contributed by atoms with Gasteiger partial charge in [0.25, 0.3) is 0 Å². The van der Waals surface area contributed by atoms with Gasteiger partial charge in [-0.2, -0.15) is 13.2 Å². The quantitative estimate of drug-likeness (QED) is 0.814. The van der Waals surface area contributed by atoms with E-state index in [2.05, 4.69) is 9.97 Å². The standard InChI is InChI=1S/C11H9F4N3/c12-8-5-6(1-2-7(8)11(13,14)15)9(16)10-17-3-4-18-10/h1-5,9H,16H2,(H,17,18). The first kappa shape index (κ1) is 12.6. The Bertz CT molecular complexity index is 534. The highest BCUT2D eigenvalue weighted by Gasteiger charge is 2.34. The molecule has 1 unspecified atom stereocenters. The van der Waals surface area contributed by atoms with Crippen molar-refractivity contribution < 1.29 is 17.6 Å². The third kappa shape index (κ3) is 2.35. The van der Waals surface area contributed by atoms with Crippen molar-refractivity contribution in [3.8, 4) is 0 Å². The number of alkyl halides is 3. The van der Waals surface area contributed by atoms with Gasteiger partial charge in [0.1, 0.15) is 11.6 Å². The molecule has 0 fully saturated rings. The summed E-state index contributed by atoms with van der Waals surface area (Å²) in [6.45, 7) is 0. The Hall–Kier alpha value is -1.89. The minimum atomic E-state index is -4.71. The predicted molar refractivity (Wildman–Crippen MR) is 56.0 cm³/mol. The summed E-state index contributed by atoms with van der Waals surface area (Å²) in [5.74, 6) is -0.990. The molecule has 1 heterocycles. The lowest BCUT2D eigenvalue weighted by Gasteiger charge is -2.12. The van der Waals surface area contributed by atoms with Crippen molar-refractivity contribution in [1.82, 2.24) is 9.97 Å². The maximum absolute atomic E-state index is 13.3. The molecule has 1 atom stereocenters. The van der Waals surface area contributed by atoms with Crippen LogP contribution in [0.25, 0.3) is 0 Å². The van der Waals surface area contributed by atoms with Gasteiger partial charge in [-0.1, -0.05) is 6.07 Å². The first-order valence-corrected chi connectivity index (χ1v) is 5.01. The van der Waals surface area contributed by atoms with Crippen molar-refractivity contribution in [3.63, 3.8) is 0 Å². The third-order valence-corrected chi connectivity index (χ3v) is 2.47. The number of benzene rings is 1. The fraction of sp³-hybridized carbons (Fsp3) is 0.182. The zero-order chi connectivity index (χ0) is 13.3. The van der Waals surface area contributed by atoms with Gasteiger partial charge in [0.05, 0.1) is 11.6 Å². The number of rotatable bonds is 2. The van der Waals surface area contributed by atoms with Crippen LogP contribution in [0, 0.1) is 5.82 Å². The van der Waals surface area contributed by atoms with Gasteiger partial charge in [0.15, 0.2) is 0 Å². The highest BCUT2D eigenvalue weighted by atomic mass is 19.4. The number of aromatic amines is 1. The second-order valence-corrected chi connectivity index (χ2v) is 3.69. The smallest absolute Gasteiger partial charge is 0.347 e. The van der Waals surface area contributed by atoms with Crippen LogP contribution >= 0.6 is 0 Å². The Morgan fingerprint density at radius 1 is 1.28 bits per heavy atom. The molecule has 3 nitrogen and oxygen atoms in total. The van der Waals surface area contributed by atoms with Crippen LogP contribution in [0.4, 0.5) is 17.6 Å². The van der Waals surface area contributed by atoms with Crippen LogP contribution in [0.5, 0.6) is 0 Å². The van der Waals surface area contributed by atoms with Crippen LogP contribution in [0.15, 0.2) is 30.6 Å². The van der Waals surface area contributed by atoms with Crippen molar-refractivity contribution in [3.05, 3.63) is 53.4 Å². The zero-order valence-corrected chi connectivity index (χ0v) is 9.00. The van der Waals surface area contributed by atoms with E-state index in [4.69, 9.17) is 5.73 Å². The molecule has 0 aliphatic heterocycles. The predicted octanol–water partition coefficient (Wildman–Crippen LogP) is 2.62. The molecular formula is C11H9F4N3. The molecule has 1 aromatic heterocycles. The molecule has 3 N–H and O–H groups in total. The van der Waals surface area contributed by atoms with Crippen molar-refractivity contribution in [2.75, 3.05) is 0 Å². The monoisotopic (exact) mass is 259 g/mol. The van der Waals surface area contributed by atoms with Gasteiger partial charge < -0.3 is 10.7 Å². The summed E-state index contributed by atoms with van der Waals surface area (Å²) in [6.07, 6.45) is -1.73. The summed E-state index contributed by atoms with van der Waals surface area (Å²) in [7, 11) is 0. The van der Waals surface area contributed by atoms with Gasteiger partial charge in [-0.3, -0.25) is 0 Å². The SMILES string of the molecule is NC(c1ccc(C(F)(F)F)c(F)c1)c1ncc[nH]1. The molecular weight excluding hydrogens is 250 g/mol. The lowest BCUT2D eigenvalue weighted by Crippen LogP contribution is -2.15. The normalized spacial score (nSPS) is 13.6. The maximum atomic E-state index is 13.3. The largest absolute Gasteiger partial charge is 0.419 e. The van der Waals surface area contributed by atoms with Gasteiger partial charge in [0.2, 0.25) is 0 Å². The summed E-state index contributed by atoms with van der Waals surface area (Å²) < 4.78 is 50.4. The number of nitrogens with two attached hydrogens (primary N) is 1. The molecule has 0 saturated heterocycles. The van der Waals surface area contributed by atoms with Crippen LogP contribution in [-0.4, -0.2) is 9.97 Å². The van der Waals surface area contributed by atoms with Crippen molar-refractivity contribution >= 4 is 0 Å². The summed E-state index contributed by atoms with van der Waals surface area (Å²) >= 11 is 0. The fourth-order valence-electron chi connectivity index (χ4n) is 1.56. The fourth-order valence-corrected chi connectivity index (χ4v) is 1.56. The molecule has 0 aliphatic carbocycles. The van der Waals surface area contributed by atoms with E-state index in [9.17, 15) is 17.6 Å². The molecule has 1 aromatic carbocycles. The minimum Gasteiger partial charge on any atom is -0.347 e. The van der Waals surface area contributed by atoms with E-state index in [0.29, 0.717) is 11.9 Å². The van der Waals surface area contributed by atoms with Gasteiger partial charge in [-0.05, 0) is 17.7 Å². The molecule has 96 valence electrons. The Balaban J connectivity index is 2.35.